The number of carbonyl (C=O) groups is 2. The fourth-order valence-electron chi connectivity index (χ4n) is 4.46. The zero-order valence-corrected chi connectivity index (χ0v) is 25.1. The Balaban J connectivity index is 2.05. The van der Waals surface area contributed by atoms with E-state index in [9.17, 15) is 18.0 Å². The van der Waals surface area contributed by atoms with Crippen molar-refractivity contribution >= 4 is 39.1 Å². The first-order chi connectivity index (χ1) is 19.1. The number of sulfonamides is 1. The first kappa shape index (κ1) is 31.2. The van der Waals surface area contributed by atoms with Gasteiger partial charge in [0.05, 0.1) is 10.6 Å². The summed E-state index contributed by atoms with van der Waals surface area (Å²) in [6.45, 7) is 7.70. The Labute approximate surface area is 243 Å². The van der Waals surface area contributed by atoms with Crippen LogP contribution in [-0.2, 0) is 26.2 Å². The van der Waals surface area contributed by atoms with Crippen LogP contribution in [0.5, 0.6) is 0 Å². The summed E-state index contributed by atoms with van der Waals surface area (Å²) in [6.07, 6.45) is 2.13. The summed E-state index contributed by atoms with van der Waals surface area (Å²) < 4.78 is 29.1. The number of benzene rings is 3. The van der Waals surface area contributed by atoms with Crippen LogP contribution in [0.4, 0.5) is 5.69 Å². The van der Waals surface area contributed by atoms with Gasteiger partial charge in [-0.25, -0.2) is 8.42 Å². The van der Waals surface area contributed by atoms with Crippen molar-refractivity contribution in [1.82, 2.24) is 10.2 Å². The van der Waals surface area contributed by atoms with E-state index in [1.54, 1.807) is 37.3 Å². The molecule has 0 aromatic heterocycles. The zero-order valence-electron chi connectivity index (χ0n) is 23.6. The minimum absolute atomic E-state index is 0.0687. The molecule has 0 radical (unpaired) electrons. The molecule has 1 atom stereocenters. The third kappa shape index (κ3) is 7.86. The summed E-state index contributed by atoms with van der Waals surface area (Å²) in [5.41, 5.74) is 2.71. The Morgan fingerprint density at radius 3 is 2.23 bits per heavy atom. The van der Waals surface area contributed by atoms with Crippen molar-refractivity contribution in [2.75, 3.05) is 17.4 Å². The van der Waals surface area contributed by atoms with Crippen LogP contribution in [0.15, 0.2) is 77.7 Å². The van der Waals surface area contributed by atoms with E-state index in [-0.39, 0.29) is 17.3 Å². The molecular formula is C31H38ClN3O4S. The molecule has 0 saturated carbocycles. The number of amides is 2. The van der Waals surface area contributed by atoms with Crippen molar-refractivity contribution in [2.45, 2.75) is 64.4 Å². The maximum atomic E-state index is 14.1. The summed E-state index contributed by atoms with van der Waals surface area (Å²) in [7, 11) is -4.14. The van der Waals surface area contributed by atoms with Gasteiger partial charge < -0.3 is 10.2 Å². The highest BCUT2D eigenvalue weighted by atomic mass is 35.5. The fourth-order valence-corrected chi connectivity index (χ4v) is 6.16. The summed E-state index contributed by atoms with van der Waals surface area (Å²) >= 11 is 6.18. The second kappa shape index (κ2) is 14.3. The molecule has 0 heterocycles. The first-order valence-corrected chi connectivity index (χ1v) is 15.4. The van der Waals surface area contributed by atoms with Gasteiger partial charge in [-0.1, -0.05) is 79.9 Å². The normalized spacial score (nSPS) is 12.0. The van der Waals surface area contributed by atoms with Crippen LogP contribution in [-0.4, -0.2) is 44.3 Å². The van der Waals surface area contributed by atoms with Gasteiger partial charge in [0.2, 0.25) is 11.8 Å². The van der Waals surface area contributed by atoms with Crippen molar-refractivity contribution in [2.24, 2.45) is 0 Å². The monoisotopic (exact) mass is 583 g/mol. The molecule has 3 aromatic rings. The molecule has 3 rings (SSSR count). The maximum Gasteiger partial charge on any atom is 0.264 e. The second-order valence-corrected chi connectivity index (χ2v) is 12.1. The summed E-state index contributed by atoms with van der Waals surface area (Å²) in [6, 6.07) is 20.0. The number of rotatable bonds is 13. The lowest BCUT2D eigenvalue weighted by atomic mass is 10.1. The second-order valence-electron chi connectivity index (χ2n) is 9.83. The standard InChI is InChI=1S/C31H38ClN3O4S/c1-5-7-19-33-31(37)28(6-2)34(21-25-11-9-8-10-12-25)30(36)22-35(29-18-15-26(32)20-24(29)4)40(38,39)27-16-13-23(3)14-17-27/h8-18,20,28H,5-7,19,21-22H2,1-4H3,(H,33,37). The van der Waals surface area contributed by atoms with E-state index in [0.717, 1.165) is 28.3 Å². The Hall–Kier alpha value is -3.36. The van der Waals surface area contributed by atoms with Crippen LogP contribution in [0.2, 0.25) is 5.02 Å². The predicted molar refractivity (Wildman–Crippen MR) is 161 cm³/mol. The fraction of sp³-hybridized carbons (Fsp3) is 0.355. The van der Waals surface area contributed by atoms with E-state index in [0.29, 0.717) is 29.2 Å². The molecule has 0 aliphatic carbocycles. The molecule has 0 fully saturated rings. The molecular weight excluding hydrogens is 546 g/mol. The number of carbonyl (C=O) groups excluding carboxylic acids is 2. The highest BCUT2D eigenvalue weighted by molar-refractivity contribution is 7.92. The van der Waals surface area contributed by atoms with Gasteiger partial charge in [0, 0.05) is 18.1 Å². The maximum absolute atomic E-state index is 14.1. The van der Waals surface area contributed by atoms with E-state index < -0.39 is 28.5 Å². The number of anilines is 1. The van der Waals surface area contributed by atoms with Crippen molar-refractivity contribution in [3.63, 3.8) is 0 Å². The van der Waals surface area contributed by atoms with Gasteiger partial charge in [-0.05, 0) is 68.1 Å². The van der Waals surface area contributed by atoms with E-state index in [2.05, 4.69) is 5.32 Å². The number of halogens is 1. The smallest absolute Gasteiger partial charge is 0.264 e. The largest absolute Gasteiger partial charge is 0.354 e. The minimum Gasteiger partial charge on any atom is -0.354 e. The van der Waals surface area contributed by atoms with Gasteiger partial charge in [0.15, 0.2) is 0 Å². The molecule has 40 heavy (non-hydrogen) atoms. The molecule has 1 N–H and O–H groups in total. The van der Waals surface area contributed by atoms with Crippen LogP contribution in [0.25, 0.3) is 0 Å². The third-order valence-corrected chi connectivity index (χ3v) is 8.74. The van der Waals surface area contributed by atoms with E-state index in [1.165, 1.54) is 17.0 Å². The summed E-state index contributed by atoms with van der Waals surface area (Å²) in [5.74, 6) is -0.734. The number of aryl methyl sites for hydroxylation is 2. The molecule has 0 bridgehead atoms. The van der Waals surface area contributed by atoms with E-state index >= 15 is 0 Å². The topological polar surface area (TPSA) is 86.8 Å². The molecule has 1 unspecified atom stereocenters. The quantitative estimate of drug-likeness (QED) is 0.255. The van der Waals surface area contributed by atoms with Gasteiger partial charge >= 0.3 is 0 Å². The van der Waals surface area contributed by atoms with Crippen LogP contribution < -0.4 is 9.62 Å². The van der Waals surface area contributed by atoms with E-state index in [1.807, 2.05) is 51.1 Å². The SMILES string of the molecule is CCCCNC(=O)C(CC)N(Cc1ccccc1)C(=O)CN(c1ccc(Cl)cc1C)S(=O)(=O)c1ccc(C)cc1. The number of hydrogen-bond acceptors (Lipinski definition) is 4. The van der Waals surface area contributed by atoms with Crippen LogP contribution >= 0.6 is 11.6 Å². The lowest BCUT2D eigenvalue weighted by Gasteiger charge is -2.33. The van der Waals surface area contributed by atoms with Gasteiger partial charge in [0.25, 0.3) is 10.0 Å². The third-order valence-electron chi connectivity index (χ3n) is 6.73. The van der Waals surface area contributed by atoms with Crippen LogP contribution in [0.3, 0.4) is 0 Å². The van der Waals surface area contributed by atoms with Crippen molar-refractivity contribution in [3.8, 4) is 0 Å². The van der Waals surface area contributed by atoms with Crippen molar-refractivity contribution in [3.05, 3.63) is 94.5 Å². The number of unbranched alkanes of at least 4 members (excludes halogenated alkanes) is 1. The van der Waals surface area contributed by atoms with Gasteiger partial charge in [0.1, 0.15) is 12.6 Å². The Bertz CT molecular complexity index is 1400. The molecule has 214 valence electrons. The van der Waals surface area contributed by atoms with Gasteiger partial charge in [-0.3, -0.25) is 13.9 Å². The molecule has 0 aliphatic heterocycles. The molecule has 3 aromatic carbocycles. The van der Waals surface area contributed by atoms with Crippen LogP contribution in [0, 0.1) is 13.8 Å². The zero-order chi connectivity index (χ0) is 29.3. The molecule has 7 nitrogen and oxygen atoms in total. The minimum atomic E-state index is -4.14. The molecule has 0 saturated heterocycles. The predicted octanol–water partition coefficient (Wildman–Crippen LogP) is 5.88. The summed E-state index contributed by atoms with van der Waals surface area (Å²) in [4.78, 5) is 28.9. The average molecular weight is 584 g/mol. The number of nitrogens with one attached hydrogen (secondary N) is 1. The molecule has 0 spiro atoms. The Morgan fingerprint density at radius 2 is 1.62 bits per heavy atom. The van der Waals surface area contributed by atoms with Crippen LogP contribution in [0.1, 0.15) is 49.8 Å². The number of nitrogens with zero attached hydrogens (tertiary/aromatic N) is 2. The van der Waals surface area contributed by atoms with Gasteiger partial charge in [-0.2, -0.15) is 0 Å². The Kier molecular flexibility index (Phi) is 11.2. The van der Waals surface area contributed by atoms with E-state index in [4.69, 9.17) is 11.6 Å². The van der Waals surface area contributed by atoms with Crippen molar-refractivity contribution < 1.29 is 18.0 Å². The number of hydrogen-bond donors (Lipinski definition) is 1. The average Bonchev–Trinajstić information content (AvgIpc) is 2.93. The first-order valence-electron chi connectivity index (χ1n) is 13.5. The van der Waals surface area contributed by atoms with Gasteiger partial charge in [-0.15, -0.1) is 0 Å². The highest BCUT2D eigenvalue weighted by Crippen LogP contribution is 2.29. The summed E-state index contributed by atoms with van der Waals surface area (Å²) in [5, 5.41) is 3.40. The molecule has 2 amide bonds. The highest BCUT2D eigenvalue weighted by Gasteiger charge is 2.34. The lowest BCUT2D eigenvalue weighted by molar-refractivity contribution is -0.140. The Morgan fingerprint density at radius 1 is 0.950 bits per heavy atom. The lowest BCUT2D eigenvalue weighted by Crippen LogP contribution is -2.52. The van der Waals surface area contributed by atoms with Crippen molar-refractivity contribution in [1.29, 1.82) is 0 Å². The molecule has 0 aliphatic rings. The molecule has 9 heteroatoms.